The van der Waals surface area contributed by atoms with Crippen molar-refractivity contribution in [2.75, 3.05) is 12.0 Å². The first-order valence-corrected chi connectivity index (χ1v) is 10.3. The summed E-state index contributed by atoms with van der Waals surface area (Å²) >= 11 is 0.980. The second-order valence-corrected chi connectivity index (χ2v) is 8.45. The number of methoxy groups -OCH3 is 1. The molecule has 156 valence electrons. The van der Waals surface area contributed by atoms with Crippen molar-refractivity contribution in [1.29, 1.82) is 0 Å². The molecule has 0 aromatic heterocycles. The zero-order chi connectivity index (χ0) is 21.9. The minimum atomic E-state index is -0.862. The molecular weight excluding hydrogens is 420 g/mol. The van der Waals surface area contributed by atoms with Crippen molar-refractivity contribution in [3.8, 4) is 5.75 Å². The summed E-state index contributed by atoms with van der Waals surface area (Å²) in [5.74, 6) is -3.51. The quantitative estimate of drug-likeness (QED) is 0.431. The first-order valence-electron chi connectivity index (χ1n) is 9.46. The van der Waals surface area contributed by atoms with E-state index in [1.165, 1.54) is 19.2 Å². The molecule has 0 saturated carbocycles. The maximum absolute atomic E-state index is 13.6. The highest BCUT2D eigenvalue weighted by Gasteiger charge is 2.59. The molecule has 2 aromatic rings. The zero-order valence-electron chi connectivity index (χ0n) is 16.2. The molecule has 0 aliphatic carbocycles. The van der Waals surface area contributed by atoms with Crippen molar-refractivity contribution in [3.63, 3.8) is 0 Å². The molecule has 2 amide bonds. The van der Waals surface area contributed by atoms with Crippen molar-refractivity contribution in [3.05, 3.63) is 70.3 Å². The van der Waals surface area contributed by atoms with Gasteiger partial charge in [0, 0.05) is 11.5 Å². The Bertz CT molecular complexity index is 1210. The Morgan fingerprint density at radius 1 is 1.06 bits per heavy atom. The summed E-state index contributed by atoms with van der Waals surface area (Å²) in [6.07, 6.45) is 0. The molecular formula is C22H16N2O6S. The molecule has 0 bridgehead atoms. The third-order valence-corrected chi connectivity index (χ3v) is 6.93. The lowest BCUT2D eigenvalue weighted by Gasteiger charge is -2.36. The van der Waals surface area contributed by atoms with Gasteiger partial charge in [-0.2, -0.15) is 0 Å². The van der Waals surface area contributed by atoms with Crippen LogP contribution in [0.2, 0.25) is 0 Å². The van der Waals surface area contributed by atoms with Gasteiger partial charge in [0.2, 0.25) is 11.8 Å². The number of hydrogen-bond acceptors (Lipinski definition) is 8. The predicted molar refractivity (Wildman–Crippen MR) is 111 cm³/mol. The molecule has 1 fully saturated rings. The Labute approximate surface area is 181 Å². The van der Waals surface area contributed by atoms with Gasteiger partial charge in [0.15, 0.2) is 0 Å². The number of fused-ring (bicyclic) bond motifs is 5. The smallest absolute Gasteiger partial charge is 0.342 e. The molecule has 0 unspecified atom stereocenters. The molecule has 9 heteroatoms. The third-order valence-electron chi connectivity index (χ3n) is 5.71. The number of thioether (sulfide) groups is 1. The number of nitrogens with zero attached hydrogens (tertiary/aromatic N) is 1. The van der Waals surface area contributed by atoms with E-state index < -0.39 is 40.8 Å². The van der Waals surface area contributed by atoms with Crippen LogP contribution < -0.4 is 15.4 Å². The Morgan fingerprint density at radius 3 is 2.55 bits per heavy atom. The summed E-state index contributed by atoms with van der Waals surface area (Å²) in [5, 5.41) is -0.666. The van der Waals surface area contributed by atoms with E-state index in [9.17, 15) is 19.2 Å². The highest BCUT2D eigenvalue weighted by molar-refractivity contribution is 8.04. The van der Waals surface area contributed by atoms with Crippen molar-refractivity contribution in [2.24, 2.45) is 11.7 Å². The number of para-hydroxylation sites is 2. The van der Waals surface area contributed by atoms with Gasteiger partial charge >= 0.3 is 11.9 Å². The summed E-state index contributed by atoms with van der Waals surface area (Å²) in [5.41, 5.74) is 7.23. The zero-order valence-corrected chi connectivity index (χ0v) is 17.0. The number of rotatable bonds is 2. The normalized spacial score (nSPS) is 24.4. The fraction of sp³-hybridized carbons (Fsp3) is 0.182. The van der Waals surface area contributed by atoms with Gasteiger partial charge in [-0.15, -0.1) is 0 Å². The van der Waals surface area contributed by atoms with Gasteiger partial charge in [0.05, 0.1) is 34.9 Å². The maximum Gasteiger partial charge on any atom is 0.342 e. The molecule has 5 rings (SSSR count). The molecule has 1 saturated heterocycles. The molecule has 31 heavy (non-hydrogen) atoms. The molecule has 8 nitrogen and oxygen atoms in total. The van der Waals surface area contributed by atoms with Crippen LogP contribution >= 0.6 is 11.8 Å². The minimum Gasteiger partial charge on any atom is -0.465 e. The van der Waals surface area contributed by atoms with Crippen molar-refractivity contribution in [1.82, 2.24) is 0 Å². The van der Waals surface area contributed by atoms with E-state index in [4.69, 9.17) is 15.2 Å². The van der Waals surface area contributed by atoms with Gasteiger partial charge < -0.3 is 15.2 Å². The summed E-state index contributed by atoms with van der Waals surface area (Å²) in [6.45, 7) is 0. The van der Waals surface area contributed by atoms with Crippen LogP contribution in [0, 0.1) is 5.92 Å². The number of anilines is 1. The summed E-state index contributed by atoms with van der Waals surface area (Å²) in [4.78, 5) is 52.9. The van der Waals surface area contributed by atoms with Crippen LogP contribution in [-0.2, 0) is 19.1 Å². The van der Waals surface area contributed by atoms with Gasteiger partial charge in [0.25, 0.3) is 0 Å². The average molecular weight is 436 g/mol. The SMILES string of the molecule is COC(=O)c1ccccc1N1C(=O)[C@@H]2[C@@H]3C(=C(N)S[C@H]2C1=O)C(=O)Oc1ccccc13. The third kappa shape index (κ3) is 2.70. The number of imide groups is 1. The van der Waals surface area contributed by atoms with E-state index in [1.807, 2.05) is 0 Å². The highest BCUT2D eigenvalue weighted by atomic mass is 32.2. The second-order valence-electron chi connectivity index (χ2n) is 7.27. The maximum atomic E-state index is 13.6. The lowest BCUT2D eigenvalue weighted by Crippen LogP contribution is -2.39. The Balaban J connectivity index is 1.66. The van der Waals surface area contributed by atoms with Crippen LogP contribution in [0.15, 0.2) is 59.1 Å². The number of nitrogens with two attached hydrogens (primary N) is 1. The first kappa shape index (κ1) is 19.4. The van der Waals surface area contributed by atoms with E-state index in [1.54, 1.807) is 36.4 Å². The number of carbonyl (C=O) groups excluding carboxylic acids is 4. The minimum absolute atomic E-state index is 0.0972. The number of ether oxygens (including phenoxy) is 2. The first-order chi connectivity index (χ1) is 14.9. The van der Waals surface area contributed by atoms with Gasteiger partial charge in [-0.05, 0) is 18.2 Å². The van der Waals surface area contributed by atoms with Crippen LogP contribution in [0.4, 0.5) is 5.69 Å². The molecule has 3 aliphatic rings. The average Bonchev–Trinajstić information content (AvgIpc) is 3.02. The van der Waals surface area contributed by atoms with Crippen molar-refractivity contribution >= 4 is 41.2 Å². The van der Waals surface area contributed by atoms with E-state index in [2.05, 4.69) is 0 Å². The number of carbonyl (C=O) groups is 4. The van der Waals surface area contributed by atoms with Gasteiger partial charge in [-0.25, -0.2) is 14.5 Å². The fourth-order valence-corrected chi connectivity index (χ4v) is 5.63. The Morgan fingerprint density at radius 2 is 1.77 bits per heavy atom. The molecule has 3 aliphatic heterocycles. The number of benzene rings is 2. The number of esters is 2. The largest absolute Gasteiger partial charge is 0.465 e. The molecule has 3 heterocycles. The van der Waals surface area contributed by atoms with E-state index >= 15 is 0 Å². The Kier molecular flexibility index (Phi) is 4.37. The van der Waals surface area contributed by atoms with Gasteiger partial charge in [-0.1, -0.05) is 42.1 Å². The van der Waals surface area contributed by atoms with Crippen molar-refractivity contribution < 1.29 is 28.7 Å². The lowest BCUT2D eigenvalue weighted by atomic mass is 9.77. The molecule has 3 atom stereocenters. The number of amides is 2. The molecule has 2 aromatic carbocycles. The molecule has 0 radical (unpaired) electrons. The van der Waals surface area contributed by atoms with E-state index in [0.717, 1.165) is 16.7 Å². The van der Waals surface area contributed by atoms with Gasteiger partial charge in [-0.3, -0.25) is 9.59 Å². The highest BCUT2D eigenvalue weighted by Crippen LogP contribution is 2.54. The molecule has 0 spiro atoms. The summed E-state index contributed by atoms with van der Waals surface area (Å²) in [6, 6.07) is 13.1. The predicted octanol–water partition coefficient (Wildman–Crippen LogP) is 1.95. The molecule has 2 N–H and O–H groups in total. The monoisotopic (exact) mass is 436 g/mol. The topological polar surface area (TPSA) is 116 Å². The van der Waals surface area contributed by atoms with Crippen LogP contribution in [-0.4, -0.2) is 36.1 Å². The standard InChI is InChI=1S/C22H16N2O6S/c1-29-21(27)10-6-2-4-8-12(10)24-19(25)15-14-11-7-3-5-9-13(11)30-22(28)16(14)18(23)31-17(15)20(24)26/h2-9,14-15,17H,23H2,1H3/t14-,15-,17-/m1/s1. The Hall–Kier alpha value is -3.59. The second kappa shape index (κ2) is 6.98. The van der Waals surface area contributed by atoms with Crippen LogP contribution in [0.25, 0.3) is 0 Å². The summed E-state index contributed by atoms with van der Waals surface area (Å²) in [7, 11) is 1.23. The van der Waals surface area contributed by atoms with Crippen LogP contribution in [0.5, 0.6) is 5.75 Å². The summed E-state index contributed by atoms with van der Waals surface area (Å²) < 4.78 is 10.2. The number of hydrogen-bond donors (Lipinski definition) is 1. The van der Waals surface area contributed by atoms with Crippen LogP contribution in [0.3, 0.4) is 0 Å². The van der Waals surface area contributed by atoms with E-state index in [0.29, 0.717) is 11.3 Å². The lowest BCUT2D eigenvalue weighted by molar-refractivity contribution is -0.131. The van der Waals surface area contributed by atoms with Crippen LogP contribution in [0.1, 0.15) is 21.8 Å². The van der Waals surface area contributed by atoms with Gasteiger partial charge in [0.1, 0.15) is 11.0 Å². The fourth-order valence-electron chi connectivity index (χ4n) is 4.39. The van der Waals surface area contributed by atoms with Crippen molar-refractivity contribution in [2.45, 2.75) is 11.2 Å². The van der Waals surface area contributed by atoms with E-state index in [-0.39, 0.29) is 21.9 Å².